The highest BCUT2D eigenvalue weighted by Crippen LogP contribution is 2.30. The van der Waals surface area contributed by atoms with Crippen LogP contribution in [0.15, 0.2) is 47.4 Å². The van der Waals surface area contributed by atoms with Gasteiger partial charge in [0.05, 0.1) is 17.7 Å². The average Bonchev–Trinajstić information content (AvgIpc) is 2.55. The Bertz CT molecular complexity index is 984. The second-order valence-electron chi connectivity index (χ2n) is 4.64. The van der Waals surface area contributed by atoms with Crippen molar-refractivity contribution in [3.8, 4) is 11.4 Å². The maximum Gasteiger partial charge on any atom is 0.353 e. The summed E-state index contributed by atoms with van der Waals surface area (Å²) in [5, 5.41) is 11.4. The first-order valence-corrected chi connectivity index (χ1v) is 6.90. The third kappa shape index (κ3) is 2.40. The number of rotatable bonds is 3. The molecule has 116 valence electrons. The molecule has 0 aliphatic carbocycles. The lowest BCUT2D eigenvalue weighted by Gasteiger charge is -2.11. The van der Waals surface area contributed by atoms with Crippen LogP contribution in [0.4, 0.5) is 5.69 Å². The van der Waals surface area contributed by atoms with Gasteiger partial charge in [-0.05, 0) is 24.3 Å². The fourth-order valence-electron chi connectivity index (χ4n) is 2.32. The van der Waals surface area contributed by atoms with Gasteiger partial charge in [-0.3, -0.25) is 19.5 Å². The number of hydrogen-bond donors (Lipinski definition) is 0. The molecule has 3 rings (SSSR count). The van der Waals surface area contributed by atoms with Gasteiger partial charge in [0.25, 0.3) is 0 Å². The Balaban J connectivity index is 2.49. The maximum atomic E-state index is 12.6. The molecule has 0 amide bonds. The number of benzene rings is 1. The van der Waals surface area contributed by atoms with E-state index in [1.54, 1.807) is 36.4 Å². The van der Waals surface area contributed by atoms with E-state index >= 15 is 0 Å². The van der Waals surface area contributed by atoms with Gasteiger partial charge in [-0.1, -0.05) is 17.7 Å². The van der Waals surface area contributed by atoms with E-state index in [-0.39, 0.29) is 10.7 Å². The van der Waals surface area contributed by atoms with Crippen LogP contribution in [-0.2, 0) is 0 Å². The average molecular weight is 332 g/mol. The second kappa shape index (κ2) is 5.69. The molecule has 1 aromatic carbocycles. The quantitative estimate of drug-likeness (QED) is 0.544. The summed E-state index contributed by atoms with van der Waals surface area (Å²) in [6.45, 7) is 0. The molecule has 8 heteroatoms. The molecule has 0 bridgehead atoms. The zero-order valence-corrected chi connectivity index (χ0v) is 12.6. The van der Waals surface area contributed by atoms with Gasteiger partial charge in [0.15, 0.2) is 0 Å². The Labute approximate surface area is 134 Å². The molecule has 0 unspecified atom stereocenters. The van der Waals surface area contributed by atoms with Crippen LogP contribution in [-0.4, -0.2) is 21.6 Å². The molecule has 0 saturated carbocycles. The van der Waals surface area contributed by atoms with Gasteiger partial charge < -0.3 is 4.74 Å². The first-order valence-electron chi connectivity index (χ1n) is 6.52. The highest BCUT2D eigenvalue weighted by molar-refractivity contribution is 6.37. The third-order valence-corrected chi connectivity index (χ3v) is 3.73. The van der Waals surface area contributed by atoms with E-state index in [1.165, 1.54) is 13.3 Å². The lowest BCUT2D eigenvalue weighted by atomic mass is 10.2. The third-order valence-electron chi connectivity index (χ3n) is 3.34. The summed E-state index contributed by atoms with van der Waals surface area (Å²) < 4.78 is 6.29. The molecule has 0 fully saturated rings. The minimum Gasteiger partial charge on any atom is -0.497 e. The molecule has 0 N–H and O–H groups in total. The minimum absolute atomic E-state index is 0.220. The minimum atomic E-state index is -0.848. The standard InChI is InChI=1S/C15H10ClN3O4/c1-23-10-5-2-4-9(8-10)18-14-11(6-3-7-17-14)12(16)13(15(18)20)19(21)22/h2-8H,1H3. The fraction of sp³-hybridized carbons (Fsp3) is 0.0667. The highest BCUT2D eigenvalue weighted by atomic mass is 35.5. The van der Waals surface area contributed by atoms with Crippen molar-refractivity contribution in [2.75, 3.05) is 7.11 Å². The number of halogens is 1. The van der Waals surface area contributed by atoms with Crippen molar-refractivity contribution in [2.45, 2.75) is 0 Å². The van der Waals surface area contributed by atoms with Gasteiger partial charge in [0, 0.05) is 17.6 Å². The predicted molar refractivity (Wildman–Crippen MR) is 85.6 cm³/mol. The number of ether oxygens (including phenoxy) is 1. The van der Waals surface area contributed by atoms with E-state index in [1.807, 2.05) is 0 Å². The Kier molecular flexibility index (Phi) is 3.71. The highest BCUT2D eigenvalue weighted by Gasteiger charge is 2.25. The van der Waals surface area contributed by atoms with Crippen LogP contribution < -0.4 is 10.3 Å². The summed E-state index contributed by atoms with van der Waals surface area (Å²) >= 11 is 6.04. The largest absolute Gasteiger partial charge is 0.497 e. The number of methoxy groups -OCH3 is 1. The van der Waals surface area contributed by atoms with E-state index in [4.69, 9.17) is 16.3 Å². The van der Waals surface area contributed by atoms with Crippen molar-refractivity contribution in [3.63, 3.8) is 0 Å². The lowest BCUT2D eigenvalue weighted by molar-refractivity contribution is -0.386. The van der Waals surface area contributed by atoms with Gasteiger partial charge in [0.1, 0.15) is 16.4 Å². The van der Waals surface area contributed by atoms with Crippen LogP contribution in [0.1, 0.15) is 0 Å². The van der Waals surface area contributed by atoms with Crippen LogP contribution in [0.5, 0.6) is 5.75 Å². The monoisotopic (exact) mass is 331 g/mol. The zero-order chi connectivity index (χ0) is 16.6. The number of nitro groups is 1. The fourth-order valence-corrected chi connectivity index (χ4v) is 2.61. The normalized spacial score (nSPS) is 10.7. The first-order chi connectivity index (χ1) is 11.0. The number of nitrogens with zero attached hydrogens (tertiary/aromatic N) is 3. The van der Waals surface area contributed by atoms with E-state index < -0.39 is 16.2 Å². The summed E-state index contributed by atoms with van der Waals surface area (Å²) in [5.74, 6) is 0.510. The van der Waals surface area contributed by atoms with Gasteiger partial charge in [-0.2, -0.15) is 0 Å². The van der Waals surface area contributed by atoms with E-state index in [2.05, 4.69) is 4.98 Å². The number of fused-ring (bicyclic) bond motifs is 1. The zero-order valence-electron chi connectivity index (χ0n) is 11.9. The number of hydrogen-bond acceptors (Lipinski definition) is 5. The smallest absolute Gasteiger partial charge is 0.353 e. The molecule has 7 nitrogen and oxygen atoms in total. The molecule has 0 saturated heterocycles. The molecule has 0 aliphatic rings. The summed E-state index contributed by atoms with van der Waals surface area (Å²) in [6, 6.07) is 9.78. The van der Waals surface area contributed by atoms with Crippen molar-refractivity contribution in [2.24, 2.45) is 0 Å². The van der Waals surface area contributed by atoms with Crippen molar-refractivity contribution in [1.29, 1.82) is 0 Å². The number of pyridine rings is 2. The summed E-state index contributed by atoms with van der Waals surface area (Å²) in [5.41, 5.74) is -0.895. The number of aromatic nitrogens is 2. The molecule has 0 atom stereocenters. The van der Waals surface area contributed by atoms with E-state index in [0.29, 0.717) is 16.8 Å². The van der Waals surface area contributed by atoms with Crippen LogP contribution in [0.25, 0.3) is 16.7 Å². The van der Waals surface area contributed by atoms with Crippen LogP contribution in [0.3, 0.4) is 0 Å². The van der Waals surface area contributed by atoms with Crippen molar-refractivity contribution in [3.05, 3.63) is 68.1 Å². The van der Waals surface area contributed by atoms with Crippen LogP contribution in [0.2, 0.25) is 5.02 Å². The molecule has 2 heterocycles. The SMILES string of the molecule is COc1cccc(-n2c(=O)c([N+](=O)[O-])c(Cl)c3cccnc32)c1. The van der Waals surface area contributed by atoms with Gasteiger partial charge >= 0.3 is 11.2 Å². The molecular formula is C15H10ClN3O4. The van der Waals surface area contributed by atoms with Crippen molar-refractivity contribution < 1.29 is 9.66 Å². The molecule has 0 radical (unpaired) electrons. The van der Waals surface area contributed by atoms with Gasteiger partial charge in [-0.15, -0.1) is 0 Å². The van der Waals surface area contributed by atoms with Crippen molar-refractivity contribution in [1.82, 2.24) is 9.55 Å². The maximum absolute atomic E-state index is 12.6. The predicted octanol–water partition coefficient (Wildman–Crippen LogP) is 2.96. The lowest BCUT2D eigenvalue weighted by Crippen LogP contribution is -2.22. The second-order valence-corrected chi connectivity index (χ2v) is 5.01. The van der Waals surface area contributed by atoms with E-state index in [9.17, 15) is 14.9 Å². The molecule has 0 spiro atoms. The first kappa shape index (κ1) is 15.0. The molecule has 3 aromatic rings. The Morgan fingerprint density at radius 1 is 1.30 bits per heavy atom. The Morgan fingerprint density at radius 3 is 2.78 bits per heavy atom. The van der Waals surface area contributed by atoms with Gasteiger partial charge in [0.2, 0.25) is 0 Å². The molecular weight excluding hydrogens is 322 g/mol. The summed E-state index contributed by atoms with van der Waals surface area (Å²) in [7, 11) is 1.49. The van der Waals surface area contributed by atoms with Crippen LogP contribution in [0, 0.1) is 10.1 Å². The van der Waals surface area contributed by atoms with Crippen molar-refractivity contribution >= 4 is 28.3 Å². The van der Waals surface area contributed by atoms with Gasteiger partial charge in [-0.25, -0.2) is 4.98 Å². The summed E-state index contributed by atoms with van der Waals surface area (Å²) in [4.78, 5) is 27.2. The topological polar surface area (TPSA) is 87.3 Å². The Hall–Kier alpha value is -2.93. The molecule has 0 aliphatic heterocycles. The van der Waals surface area contributed by atoms with E-state index in [0.717, 1.165) is 4.57 Å². The molecule has 2 aromatic heterocycles. The van der Waals surface area contributed by atoms with Crippen LogP contribution >= 0.6 is 11.6 Å². The summed E-state index contributed by atoms with van der Waals surface area (Å²) in [6.07, 6.45) is 1.49. The molecule has 23 heavy (non-hydrogen) atoms. The Morgan fingerprint density at radius 2 is 2.09 bits per heavy atom.